The molecule has 4 aromatic carbocycles. The zero-order chi connectivity index (χ0) is 22.8. The second-order valence-electron chi connectivity index (χ2n) is 7.76. The Hall–Kier alpha value is -3.83. The van der Waals surface area contributed by atoms with Gasteiger partial charge in [0.05, 0.1) is 11.9 Å². The molecule has 1 aromatic heterocycles. The minimum absolute atomic E-state index is 0.128. The van der Waals surface area contributed by atoms with Crippen molar-refractivity contribution in [3.63, 3.8) is 0 Å². The molecule has 0 saturated carbocycles. The van der Waals surface area contributed by atoms with E-state index in [-0.39, 0.29) is 11.6 Å². The monoisotopic (exact) mass is 496 g/mol. The summed E-state index contributed by atoms with van der Waals surface area (Å²) < 4.78 is 3.80. The Labute approximate surface area is 200 Å². The molecular weight excluding hydrogens is 476 g/mol. The van der Waals surface area contributed by atoms with Crippen LogP contribution in [0.2, 0.25) is 0 Å². The van der Waals surface area contributed by atoms with E-state index < -0.39 is 5.54 Å². The van der Waals surface area contributed by atoms with E-state index in [0.29, 0.717) is 5.69 Å². The summed E-state index contributed by atoms with van der Waals surface area (Å²) in [5.74, 6) is -0.128. The number of rotatable bonds is 5. The van der Waals surface area contributed by atoms with E-state index in [2.05, 4.69) is 15.9 Å². The predicted molar refractivity (Wildman–Crippen MR) is 134 cm³/mol. The third-order valence-electron chi connectivity index (χ3n) is 5.87. The van der Waals surface area contributed by atoms with Crippen molar-refractivity contribution in [3.8, 4) is 11.6 Å². The summed E-state index contributed by atoms with van der Waals surface area (Å²) in [4.78, 5) is 14.0. The molecule has 0 atom stereocenters. The molecular formula is C28H21BrN2O2. The number of benzene rings is 4. The average Bonchev–Trinajstić information content (AvgIpc) is 3.16. The molecule has 0 saturated heterocycles. The predicted octanol–water partition coefficient (Wildman–Crippen LogP) is 5.95. The minimum Gasteiger partial charge on any atom is -0.493 e. The fourth-order valence-corrected chi connectivity index (χ4v) is 4.87. The van der Waals surface area contributed by atoms with Gasteiger partial charge in [-0.2, -0.15) is 0 Å². The largest absolute Gasteiger partial charge is 0.493 e. The Morgan fingerprint density at radius 2 is 1.15 bits per heavy atom. The Morgan fingerprint density at radius 1 is 0.667 bits per heavy atom. The van der Waals surface area contributed by atoms with Gasteiger partial charge in [-0.3, -0.25) is 4.57 Å². The third-order valence-corrected chi connectivity index (χ3v) is 6.36. The molecule has 0 amide bonds. The Morgan fingerprint density at radius 3 is 1.61 bits per heavy atom. The lowest BCUT2D eigenvalue weighted by Crippen LogP contribution is -2.44. The van der Waals surface area contributed by atoms with Crippen LogP contribution in [0.5, 0.6) is 5.88 Å². The molecule has 1 N–H and O–H groups in total. The number of aromatic hydroxyl groups is 1. The van der Waals surface area contributed by atoms with Crippen molar-refractivity contribution in [2.45, 2.75) is 5.54 Å². The molecule has 0 fully saturated rings. The Kier molecular flexibility index (Phi) is 5.48. The summed E-state index contributed by atoms with van der Waals surface area (Å²) in [7, 11) is 0. The summed E-state index contributed by atoms with van der Waals surface area (Å²) >= 11 is 3.47. The first-order chi connectivity index (χ1) is 16.1. The second kappa shape index (κ2) is 8.60. The van der Waals surface area contributed by atoms with Crippen LogP contribution in [0.1, 0.15) is 16.7 Å². The van der Waals surface area contributed by atoms with Gasteiger partial charge in [0.25, 0.3) is 0 Å². The van der Waals surface area contributed by atoms with Crippen LogP contribution in [-0.2, 0) is 5.54 Å². The fraction of sp³-hybridized carbons (Fsp3) is 0.0357. The Bertz CT molecular complexity index is 1350. The van der Waals surface area contributed by atoms with Crippen molar-refractivity contribution >= 4 is 15.9 Å². The Balaban J connectivity index is 1.92. The number of aromatic nitrogens is 2. The van der Waals surface area contributed by atoms with Crippen LogP contribution in [-0.4, -0.2) is 14.2 Å². The van der Waals surface area contributed by atoms with Crippen molar-refractivity contribution in [2.75, 3.05) is 0 Å². The quantitative estimate of drug-likeness (QED) is 0.305. The summed E-state index contributed by atoms with van der Waals surface area (Å²) in [6.07, 6.45) is 1.48. The van der Waals surface area contributed by atoms with E-state index in [1.165, 1.54) is 15.3 Å². The van der Waals surface area contributed by atoms with Gasteiger partial charge in [-0.25, -0.2) is 9.36 Å². The highest BCUT2D eigenvalue weighted by Crippen LogP contribution is 2.42. The van der Waals surface area contributed by atoms with Crippen LogP contribution in [0.15, 0.2) is 131 Å². The third kappa shape index (κ3) is 3.51. The van der Waals surface area contributed by atoms with Crippen LogP contribution >= 0.6 is 15.9 Å². The van der Waals surface area contributed by atoms with Crippen LogP contribution < -0.4 is 5.69 Å². The summed E-state index contributed by atoms with van der Waals surface area (Å²) in [5.41, 5.74) is 1.83. The zero-order valence-electron chi connectivity index (χ0n) is 17.7. The molecule has 0 aliphatic rings. The maximum Gasteiger partial charge on any atom is 0.337 e. The van der Waals surface area contributed by atoms with Crippen molar-refractivity contribution < 1.29 is 5.11 Å². The molecule has 33 heavy (non-hydrogen) atoms. The molecule has 0 unspecified atom stereocenters. The molecule has 0 spiro atoms. The summed E-state index contributed by atoms with van der Waals surface area (Å²) in [5, 5.41) is 11.3. The topological polar surface area (TPSA) is 47.2 Å². The molecule has 0 bridgehead atoms. The molecule has 0 aliphatic heterocycles. The number of imidazole rings is 1. The van der Waals surface area contributed by atoms with E-state index in [1.807, 2.05) is 115 Å². The van der Waals surface area contributed by atoms with Gasteiger partial charge in [-0.05, 0) is 34.9 Å². The lowest BCUT2D eigenvalue weighted by molar-refractivity contribution is 0.372. The van der Waals surface area contributed by atoms with Gasteiger partial charge < -0.3 is 5.11 Å². The first-order valence-electron chi connectivity index (χ1n) is 10.6. The number of nitrogens with zero attached hydrogens (tertiary/aromatic N) is 2. The molecule has 162 valence electrons. The van der Waals surface area contributed by atoms with Crippen LogP contribution in [0.4, 0.5) is 0 Å². The lowest BCUT2D eigenvalue weighted by Gasteiger charge is -2.36. The minimum atomic E-state index is -1.08. The van der Waals surface area contributed by atoms with E-state index in [1.54, 1.807) is 0 Å². The highest BCUT2D eigenvalue weighted by molar-refractivity contribution is 9.10. The molecule has 5 aromatic rings. The standard InChI is InChI=1S/C28H21BrN2O2/c29-24-17-10-18-25(19-24)30-20-26(32)31(27(30)33)28(21-11-4-1-5-12-21,22-13-6-2-7-14-22)23-15-8-3-9-16-23/h1-20,32H. The molecule has 4 nitrogen and oxygen atoms in total. The van der Waals surface area contributed by atoms with Crippen molar-refractivity contribution in [1.82, 2.24) is 9.13 Å². The van der Waals surface area contributed by atoms with E-state index in [4.69, 9.17) is 0 Å². The molecule has 5 rings (SSSR count). The van der Waals surface area contributed by atoms with Gasteiger partial charge in [0, 0.05) is 4.47 Å². The lowest BCUT2D eigenvalue weighted by atomic mass is 9.76. The molecule has 0 aliphatic carbocycles. The van der Waals surface area contributed by atoms with Crippen molar-refractivity contribution in [3.05, 3.63) is 153 Å². The first kappa shape index (κ1) is 21.0. The number of halogens is 1. The normalized spacial score (nSPS) is 11.4. The van der Waals surface area contributed by atoms with E-state index in [9.17, 15) is 9.90 Å². The highest BCUT2D eigenvalue weighted by Gasteiger charge is 2.42. The van der Waals surface area contributed by atoms with Gasteiger partial charge in [0.1, 0.15) is 5.54 Å². The summed E-state index contributed by atoms with van der Waals surface area (Å²) in [6, 6.07) is 36.9. The van der Waals surface area contributed by atoms with Crippen molar-refractivity contribution in [2.24, 2.45) is 0 Å². The van der Waals surface area contributed by atoms with Crippen LogP contribution in [0.25, 0.3) is 5.69 Å². The van der Waals surface area contributed by atoms with Gasteiger partial charge in [0.2, 0.25) is 5.88 Å². The maximum atomic E-state index is 14.0. The fourth-order valence-electron chi connectivity index (χ4n) is 4.49. The average molecular weight is 497 g/mol. The van der Waals surface area contributed by atoms with Gasteiger partial charge >= 0.3 is 5.69 Å². The molecule has 5 heteroatoms. The van der Waals surface area contributed by atoms with E-state index in [0.717, 1.165) is 21.2 Å². The first-order valence-corrected chi connectivity index (χ1v) is 11.4. The van der Waals surface area contributed by atoms with Gasteiger partial charge in [-0.15, -0.1) is 0 Å². The zero-order valence-corrected chi connectivity index (χ0v) is 19.3. The SMILES string of the molecule is O=c1n(-c2cccc(Br)c2)cc(O)n1C(c1ccccc1)(c1ccccc1)c1ccccc1. The maximum absolute atomic E-state index is 14.0. The van der Waals surface area contributed by atoms with Gasteiger partial charge in [-0.1, -0.05) is 113 Å². The number of hydrogen-bond acceptors (Lipinski definition) is 2. The smallest absolute Gasteiger partial charge is 0.337 e. The molecule has 1 heterocycles. The second-order valence-corrected chi connectivity index (χ2v) is 8.68. The summed E-state index contributed by atoms with van der Waals surface area (Å²) in [6.45, 7) is 0. The van der Waals surface area contributed by atoms with Crippen molar-refractivity contribution in [1.29, 1.82) is 0 Å². The van der Waals surface area contributed by atoms with Crippen LogP contribution in [0.3, 0.4) is 0 Å². The molecule has 0 radical (unpaired) electrons. The van der Waals surface area contributed by atoms with Gasteiger partial charge in [0.15, 0.2) is 0 Å². The number of hydrogen-bond donors (Lipinski definition) is 1. The van der Waals surface area contributed by atoms with Crippen LogP contribution in [0, 0.1) is 0 Å². The van der Waals surface area contributed by atoms with E-state index >= 15 is 0 Å². The highest BCUT2D eigenvalue weighted by atomic mass is 79.9.